The van der Waals surface area contributed by atoms with E-state index in [9.17, 15) is 9.90 Å². The predicted octanol–water partition coefficient (Wildman–Crippen LogP) is 2.73. The van der Waals surface area contributed by atoms with E-state index in [0.29, 0.717) is 23.6 Å². The molecule has 5 heteroatoms. The van der Waals surface area contributed by atoms with Gasteiger partial charge in [0.2, 0.25) is 0 Å². The maximum Gasteiger partial charge on any atom is 0.338 e. The number of anilines is 1. The lowest BCUT2D eigenvalue weighted by molar-refractivity contribution is 0.0472. The maximum atomic E-state index is 12.0. The second-order valence-electron chi connectivity index (χ2n) is 4.47. The van der Waals surface area contributed by atoms with Crippen molar-refractivity contribution in [2.45, 2.75) is 13.5 Å². The molecule has 2 rings (SSSR count). The minimum Gasteiger partial charge on any atom is -0.508 e. The first-order chi connectivity index (χ1) is 10.1. The van der Waals surface area contributed by atoms with E-state index in [1.165, 1.54) is 12.1 Å². The van der Waals surface area contributed by atoms with E-state index in [0.717, 1.165) is 5.56 Å². The molecule has 0 saturated carbocycles. The molecule has 0 atom stereocenters. The molecule has 0 aliphatic heterocycles. The monoisotopic (exact) mass is 287 g/mol. The van der Waals surface area contributed by atoms with Crippen LogP contribution in [0.2, 0.25) is 0 Å². The summed E-state index contributed by atoms with van der Waals surface area (Å²) in [7, 11) is 0. The standard InChI is InChI=1S/C16H17NO4/c1-2-20-15-8-12(7-13(17)9-15)16(19)21-10-11-3-5-14(18)6-4-11/h3-9,18H,2,10,17H2,1H3. The Morgan fingerprint density at radius 2 is 1.90 bits per heavy atom. The summed E-state index contributed by atoms with van der Waals surface area (Å²) >= 11 is 0. The molecule has 3 N–H and O–H groups in total. The minimum absolute atomic E-state index is 0.123. The number of rotatable bonds is 5. The van der Waals surface area contributed by atoms with E-state index in [-0.39, 0.29) is 12.4 Å². The number of hydrogen-bond acceptors (Lipinski definition) is 5. The zero-order valence-electron chi connectivity index (χ0n) is 11.7. The Balaban J connectivity index is 2.04. The van der Waals surface area contributed by atoms with Gasteiger partial charge in [0.25, 0.3) is 0 Å². The molecule has 0 unspecified atom stereocenters. The number of phenols is 1. The lowest BCUT2D eigenvalue weighted by atomic mass is 10.2. The molecule has 0 aromatic heterocycles. The van der Waals surface area contributed by atoms with Gasteiger partial charge in [0.15, 0.2) is 0 Å². The molecule has 0 radical (unpaired) electrons. The molecule has 0 spiro atoms. The van der Waals surface area contributed by atoms with Crippen LogP contribution in [0.4, 0.5) is 5.69 Å². The van der Waals surface area contributed by atoms with E-state index in [1.807, 2.05) is 6.92 Å². The molecule has 110 valence electrons. The van der Waals surface area contributed by atoms with E-state index in [2.05, 4.69) is 0 Å². The van der Waals surface area contributed by atoms with E-state index < -0.39 is 5.97 Å². The maximum absolute atomic E-state index is 12.0. The number of aromatic hydroxyl groups is 1. The van der Waals surface area contributed by atoms with Crippen molar-refractivity contribution in [2.75, 3.05) is 12.3 Å². The van der Waals surface area contributed by atoms with Crippen LogP contribution in [0.5, 0.6) is 11.5 Å². The Bertz CT molecular complexity index is 623. The summed E-state index contributed by atoms with van der Waals surface area (Å²) in [5, 5.41) is 9.19. The average molecular weight is 287 g/mol. The molecule has 0 heterocycles. The van der Waals surface area contributed by atoms with Gasteiger partial charge in [-0.25, -0.2) is 4.79 Å². The average Bonchev–Trinajstić information content (AvgIpc) is 2.46. The minimum atomic E-state index is -0.476. The van der Waals surface area contributed by atoms with Crippen LogP contribution in [-0.2, 0) is 11.3 Å². The summed E-state index contributed by atoms with van der Waals surface area (Å²) in [4.78, 5) is 12.0. The lowest BCUT2D eigenvalue weighted by Crippen LogP contribution is -2.06. The molecule has 0 saturated heterocycles. The van der Waals surface area contributed by atoms with Gasteiger partial charge in [-0.2, -0.15) is 0 Å². The van der Waals surface area contributed by atoms with Gasteiger partial charge in [-0.05, 0) is 36.8 Å². The SMILES string of the molecule is CCOc1cc(N)cc(C(=O)OCc2ccc(O)cc2)c1. The first-order valence-corrected chi connectivity index (χ1v) is 6.57. The fourth-order valence-corrected chi connectivity index (χ4v) is 1.81. The number of carbonyl (C=O) groups is 1. The molecule has 0 amide bonds. The third-order valence-electron chi connectivity index (χ3n) is 2.78. The highest BCUT2D eigenvalue weighted by Crippen LogP contribution is 2.20. The normalized spacial score (nSPS) is 10.1. The van der Waals surface area contributed by atoms with Gasteiger partial charge in [-0.15, -0.1) is 0 Å². The van der Waals surface area contributed by atoms with Crippen molar-refractivity contribution in [3.63, 3.8) is 0 Å². The van der Waals surface area contributed by atoms with Gasteiger partial charge in [-0.3, -0.25) is 0 Å². The highest BCUT2D eigenvalue weighted by Gasteiger charge is 2.10. The predicted molar refractivity (Wildman–Crippen MR) is 79.2 cm³/mol. The fourth-order valence-electron chi connectivity index (χ4n) is 1.81. The van der Waals surface area contributed by atoms with Crippen LogP contribution in [0.1, 0.15) is 22.8 Å². The molecular weight excluding hydrogens is 270 g/mol. The number of ether oxygens (including phenoxy) is 2. The second kappa shape index (κ2) is 6.65. The zero-order chi connectivity index (χ0) is 15.2. The van der Waals surface area contributed by atoms with Crippen molar-refractivity contribution in [2.24, 2.45) is 0 Å². The summed E-state index contributed by atoms with van der Waals surface area (Å²) in [5.74, 6) is 0.229. The summed E-state index contributed by atoms with van der Waals surface area (Å²) < 4.78 is 10.5. The summed E-state index contributed by atoms with van der Waals surface area (Å²) in [6.45, 7) is 2.47. The van der Waals surface area contributed by atoms with Crippen LogP contribution < -0.4 is 10.5 Å². The summed E-state index contributed by atoms with van der Waals surface area (Å²) in [6.07, 6.45) is 0. The van der Waals surface area contributed by atoms with E-state index in [4.69, 9.17) is 15.2 Å². The molecule has 5 nitrogen and oxygen atoms in total. The Kier molecular flexibility index (Phi) is 4.66. The fraction of sp³-hybridized carbons (Fsp3) is 0.188. The quantitative estimate of drug-likeness (QED) is 0.652. The van der Waals surface area contributed by atoms with Crippen molar-refractivity contribution in [1.29, 1.82) is 0 Å². The van der Waals surface area contributed by atoms with Crippen LogP contribution in [0, 0.1) is 0 Å². The highest BCUT2D eigenvalue weighted by atomic mass is 16.5. The van der Waals surface area contributed by atoms with Crippen LogP contribution in [0.25, 0.3) is 0 Å². The first kappa shape index (κ1) is 14.7. The number of esters is 1. The van der Waals surface area contributed by atoms with Gasteiger partial charge in [0.1, 0.15) is 18.1 Å². The second-order valence-corrected chi connectivity index (χ2v) is 4.47. The molecule has 0 aliphatic carbocycles. The van der Waals surface area contributed by atoms with Crippen molar-refractivity contribution in [1.82, 2.24) is 0 Å². The van der Waals surface area contributed by atoms with Gasteiger partial charge < -0.3 is 20.3 Å². The van der Waals surface area contributed by atoms with Crippen molar-refractivity contribution < 1.29 is 19.4 Å². The number of benzene rings is 2. The van der Waals surface area contributed by atoms with Crippen LogP contribution >= 0.6 is 0 Å². The Hall–Kier alpha value is -2.69. The lowest BCUT2D eigenvalue weighted by Gasteiger charge is -2.09. The third-order valence-corrected chi connectivity index (χ3v) is 2.78. The zero-order valence-corrected chi connectivity index (χ0v) is 11.7. The van der Waals surface area contributed by atoms with Crippen molar-refractivity contribution in [3.05, 3.63) is 53.6 Å². The van der Waals surface area contributed by atoms with Gasteiger partial charge in [0.05, 0.1) is 12.2 Å². The van der Waals surface area contributed by atoms with E-state index in [1.54, 1.807) is 30.3 Å². The number of nitrogen functional groups attached to an aromatic ring is 1. The van der Waals surface area contributed by atoms with Gasteiger partial charge >= 0.3 is 5.97 Å². The topological polar surface area (TPSA) is 81.8 Å². The smallest absolute Gasteiger partial charge is 0.338 e. The molecule has 2 aromatic carbocycles. The Morgan fingerprint density at radius 3 is 2.57 bits per heavy atom. The molecule has 0 bridgehead atoms. The molecule has 21 heavy (non-hydrogen) atoms. The number of carbonyl (C=O) groups excluding carboxylic acids is 1. The van der Waals surface area contributed by atoms with Crippen LogP contribution in [0.3, 0.4) is 0 Å². The Labute approximate surface area is 122 Å². The highest BCUT2D eigenvalue weighted by molar-refractivity contribution is 5.91. The van der Waals surface area contributed by atoms with Crippen LogP contribution in [0.15, 0.2) is 42.5 Å². The van der Waals surface area contributed by atoms with Gasteiger partial charge in [0, 0.05) is 11.8 Å². The Morgan fingerprint density at radius 1 is 1.19 bits per heavy atom. The molecule has 0 aliphatic rings. The molecular formula is C16H17NO4. The summed E-state index contributed by atoms with van der Waals surface area (Å²) in [5.41, 5.74) is 7.31. The largest absolute Gasteiger partial charge is 0.508 e. The number of phenolic OH excluding ortho intramolecular Hbond substituents is 1. The molecule has 0 fully saturated rings. The van der Waals surface area contributed by atoms with Crippen molar-refractivity contribution >= 4 is 11.7 Å². The third kappa shape index (κ3) is 4.14. The van der Waals surface area contributed by atoms with Crippen molar-refractivity contribution in [3.8, 4) is 11.5 Å². The van der Waals surface area contributed by atoms with Gasteiger partial charge in [-0.1, -0.05) is 12.1 Å². The molecule has 2 aromatic rings. The van der Waals surface area contributed by atoms with E-state index >= 15 is 0 Å². The van der Waals surface area contributed by atoms with Crippen LogP contribution in [-0.4, -0.2) is 17.7 Å². The first-order valence-electron chi connectivity index (χ1n) is 6.57. The summed E-state index contributed by atoms with van der Waals surface area (Å²) in [6, 6.07) is 11.2. The number of nitrogens with two attached hydrogens (primary N) is 1. The number of hydrogen-bond donors (Lipinski definition) is 2.